The number of hydrogen-bond donors (Lipinski definition) is 0. The Hall–Kier alpha value is -1.84. The Kier molecular flexibility index (Phi) is 2.41. The number of nitrogens with zero attached hydrogens (tertiary/aromatic N) is 2. The standard InChI is InChI=1S/C11H12N2O2/c1-12-9-5-2-3-6-10(9)13(11(12)15)7-4-8-14/h2-3,5-6,8H,4,7H2,1H3. The van der Waals surface area contributed by atoms with E-state index in [0.717, 1.165) is 17.3 Å². The molecule has 0 spiro atoms. The first kappa shape index (κ1) is 9.71. The number of aromatic nitrogens is 2. The topological polar surface area (TPSA) is 44.0 Å². The number of para-hydroxylation sites is 2. The van der Waals surface area contributed by atoms with Crippen LogP contribution >= 0.6 is 0 Å². The van der Waals surface area contributed by atoms with Gasteiger partial charge in [0, 0.05) is 20.0 Å². The minimum absolute atomic E-state index is 0.0712. The van der Waals surface area contributed by atoms with Gasteiger partial charge in [0.05, 0.1) is 11.0 Å². The van der Waals surface area contributed by atoms with Crippen LogP contribution in [0.2, 0.25) is 0 Å². The van der Waals surface area contributed by atoms with Crippen LogP contribution < -0.4 is 5.69 Å². The first-order valence-electron chi connectivity index (χ1n) is 4.83. The van der Waals surface area contributed by atoms with Crippen LogP contribution in [0.5, 0.6) is 0 Å². The van der Waals surface area contributed by atoms with Crippen molar-refractivity contribution in [2.45, 2.75) is 13.0 Å². The van der Waals surface area contributed by atoms with E-state index in [1.54, 1.807) is 16.2 Å². The summed E-state index contributed by atoms with van der Waals surface area (Å²) < 4.78 is 3.23. The van der Waals surface area contributed by atoms with Crippen LogP contribution in [0, 0.1) is 0 Å². The summed E-state index contributed by atoms with van der Waals surface area (Å²) >= 11 is 0. The molecule has 15 heavy (non-hydrogen) atoms. The van der Waals surface area contributed by atoms with E-state index < -0.39 is 0 Å². The molecule has 4 heteroatoms. The zero-order chi connectivity index (χ0) is 10.8. The maximum absolute atomic E-state index is 11.8. The van der Waals surface area contributed by atoms with Gasteiger partial charge in [-0.3, -0.25) is 9.13 Å². The predicted octanol–water partition coefficient (Wildman–Crippen LogP) is 0.929. The summed E-state index contributed by atoms with van der Waals surface area (Å²) in [7, 11) is 1.74. The number of carbonyl (C=O) groups is 1. The molecule has 2 rings (SSSR count). The van der Waals surface area contributed by atoms with E-state index in [1.807, 2.05) is 24.3 Å². The highest BCUT2D eigenvalue weighted by atomic mass is 16.1. The molecule has 0 aliphatic rings. The quantitative estimate of drug-likeness (QED) is 0.698. The van der Waals surface area contributed by atoms with Gasteiger partial charge in [0.2, 0.25) is 0 Å². The number of aldehydes is 1. The number of rotatable bonds is 3. The van der Waals surface area contributed by atoms with Gasteiger partial charge in [-0.25, -0.2) is 4.79 Å². The molecule has 0 fully saturated rings. The Morgan fingerprint density at radius 2 is 1.93 bits per heavy atom. The molecule has 78 valence electrons. The normalized spacial score (nSPS) is 10.7. The number of carbonyl (C=O) groups excluding carboxylic acids is 1. The highest BCUT2D eigenvalue weighted by Crippen LogP contribution is 2.11. The van der Waals surface area contributed by atoms with Crippen LogP contribution in [0.3, 0.4) is 0 Å². The molecule has 0 radical (unpaired) electrons. The average molecular weight is 204 g/mol. The fourth-order valence-electron chi connectivity index (χ4n) is 1.76. The average Bonchev–Trinajstić information content (AvgIpc) is 2.51. The summed E-state index contributed by atoms with van der Waals surface area (Å²) in [5.41, 5.74) is 1.71. The van der Waals surface area contributed by atoms with E-state index in [4.69, 9.17) is 0 Å². The lowest BCUT2D eigenvalue weighted by molar-refractivity contribution is -0.108. The van der Waals surface area contributed by atoms with E-state index >= 15 is 0 Å². The second-order valence-corrected chi connectivity index (χ2v) is 3.44. The Morgan fingerprint density at radius 3 is 2.60 bits per heavy atom. The van der Waals surface area contributed by atoms with Gasteiger partial charge in [-0.1, -0.05) is 12.1 Å². The second kappa shape index (κ2) is 3.73. The lowest BCUT2D eigenvalue weighted by Gasteiger charge is -1.97. The van der Waals surface area contributed by atoms with Crippen LogP contribution in [0.25, 0.3) is 11.0 Å². The van der Waals surface area contributed by atoms with Crippen molar-refractivity contribution < 1.29 is 4.79 Å². The summed E-state index contributed by atoms with van der Waals surface area (Å²) in [5.74, 6) is 0. The van der Waals surface area contributed by atoms with E-state index in [1.165, 1.54) is 0 Å². The van der Waals surface area contributed by atoms with Crippen LogP contribution in [-0.4, -0.2) is 15.4 Å². The summed E-state index contributed by atoms with van der Waals surface area (Å²) in [6, 6.07) is 7.57. The summed E-state index contributed by atoms with van der Waals surface area (Å²) in [6.45, 7) is 0.448. The van der Waals surface area contributed by atoms with Gasteiger partial charge in [-0.2, -0.15) is 0 Å². The SMILES string of the molecule is Cn1c(=O)n(CCC=O)c2ccccc21. The molecule has 1 aromatic heterocycles. The lowest BCUT2D eigenvalue weighted by atomic mass is 10.3. The molecule has 1 heterocycles. The van der Waals surface area contributed by atoms with Crippen molar-refractivity contribution in [1.82, 2.24) is 9.13 Å². The third kappa shape index (κ3) is 1.48. The molecule has 0 N–H and O–H groups in total. The molecule has 0 atom stereocenters. The van der Waals surface area contributed by atoms with Crippen LogP contribution in [0.4, 0.5) is 0 Å². The summed E-state index contributed by atoms with van der Waals surface area (Å²) in [6.07, 6.45) is 1.20. The smallest absolute Gasteiger partial charge is 0.303 e. The largest absolute Gasteiger partial charge is 0.328 e. The Morgan fingerprint density at radius 1 is 1.27 bits per heavy atom. The van der Waals surface area contributed by atoms with E-state index in [2.05, 4.69) is 0 Å². The van der Waals surface area contributed by atoms with Crippen molar-refractivity contribution in [1.29, 1.82) is 0 Å². The molecule has 0 amide bonds. The Bertz CT molecular complexity index is 551. The van der Waals surface area contributed by atoms with Crippen LogP contribution in [-0.2, 0) is 18.4 Å². The van der Waals surface area contributed by atoms with E-state index in [0.29, 0.717) is 13.0 Å². The third-order valence-corrected chi connectivity index (χ3v) is 2.52. The van der Waals surface area contributed by atoms with E-state index in [9.17, 15) is 9.59 Å². The van der Waals surface area contributed by atoms with Crippen molar-refractivity contribution in [3.8, 4) is 0 Å². The van der Waals surface area contributed by atoms with Crippen LogP contribution in [0.15, 0.2) is 29.1 Å². The number of fused-ring (bicyclic) bond motifs is 1. The molecule has 0 aliphatic heterocycles. The first-order chi connectivity index (χ1) is 7.25. The van der Waals surface area contributed by atoms with Crippen molar-refractivity contribution in [3.63, 3.8) is 0 Å². The van der Waals surface area contributed by atoms with Crippen LogP contribution in [0.1, 0.15) is 6.42 Å². The molecule has 0 unspecified atom stereocenters. The Balaban J connectivity index is 2.66. The van der Waals surface area contributed by atoms with Crippen molar-refractivity contribution in [2.75, 3.05) is 0 Å². The van der Waals surface area contributed by atoms with Crippen molar-refractivity contribution >= 4 is 17.3 Å². The monoisotopic (exact) mass is 204 g/mol. The molecule has 4 nitrogen and oxygen atoms in total. The lowest BCUT2D eigenvalue weighted by Crippen LogP contribution is -2.22. The van der Waals surface area contributed by atoms with Crippen molar-refractivity contribution in [3.05, 3.63) is 34.7 Å². The fourth-order valence-corrected chi connectivity index (χ4v) is 1.76. The highest BCUT2D eigenvalue weighted by Gasteiger charge is 2.08. The summed E-state index contributed by atoms with van der Waals surface area (Å²) in [4.78, 5) is 22.1. The fraction of sp³-hybridized carbons (Fsp3) is 0.273. The third-order valence-electron chi connectivity index (χ3n) is 2.52. The molecular formula is C11H12N2O2. The molecule has 0 saturated heterocycles. The molecule has 0 aliphatic carbocycles. The zero-order valence-corrected chi connectivity index (χ0v) is 8.51. The Labute approximate surface area is 86.7 Å². The highest BCUT2D eigenvalue weighted by molar-refractivity contribution is 5.75. The first-order valence-corrected chi connectivity index (χ1v) is 4.83. The van der Waals surface area contributed by atoms with Gasteiger partial charge in [-0.05, 0) is 12.1 Å². The van der Waals surface area contributed by atoms with Crippen molar-refractivity contribution in [2.24, 2.45) is 7.05 Å². The second-order valence-electron chi connectivity index (χ2n) is 3.44. The minimum atomic E-state index is -0.0712. The minimum Gasteiger partial charge on any atom is -0.303 e. The van der Waals surface area contributed by atoms with Gasteiger partial charge >= 0.3 is 5.69 Å². The molecule has 0 saturated carbocycles. The predicted molar refractivity (Wildman–Crippen MR) is 57.9 cm³/mol. The van der Waals surface area contributed by atoms with Gasteiger partial charge in [0.25, 0.3) is 0 Å². The number of hydrogen-bond acceptors (Lipinski definition) is 2. The van der Waals surface area contributed by atoms with Gasteiger partial charge in [0.15, 0.2) is 0 Å². The molecule has 0 bridgehead atoms. The summed E-state index contributed by atoms with van der Waals surface area (Å²) in [5, 5.41) is 0. The number of imidazole rings is 1. The van der Waals surface area contributed by atoms with E-state index in [-0.39, 0.29) is 5.69 Å². The molecule has 1 aromatic carbocycles. The zero-order valence-electron chi connectivity index (χ0n) is 8.51. The van der Waals surface area contributed by atoms with Gasteiger partial charge in [0.1, 0.15) is 6.29 Å². The number of aryl methyl sites for hydroxylation is 2. The molecule has 2 aromatic rings. The number of benzene rings is 1. The molecular weight excluding hydrogens is 192 g/mol. The maximum atomic E-state index is 11.8. The van der Waals surface area contributed by atoms with Gasteiger partial charge in [-0.15, -0.1) is 0 Å². The van der Waals surface area contributed by atoms with Gasteiger partial charge < -0.3 is 4.79 Å². The maximum Gasteiger partial charge on any atom is 0.328 e.